The minimum atomic E-state index is -0.438. The van der Waals surface area contributed by atoms with Gasteiger partial charge in [-0.05, 0) is 36.4 Å². The van der Waals surface area contributed by atoms with Crippen molar-refractivity contribution in [3.05, 3.63) is 60.9 Å². The molecule has 0 aliphatic carbocycles. The Morgan fingerprint density at radius 1 is 1.08 bits per heavy atom. The second kappa shape index (κ2) is 5.73. The van der Waals surface area contributed by atoms with E-state index in [2.05, 4.69) is 20.3 Å². The Morgan fingerprint density at radius 3 is 2.71 bits per heavy atom. The standard InChI is InChI=1S/C18H13FN4O/c1-20-18-13-7-6-12(14-5-3-9-24-14)15(19)16(13)22-17(23-18)11-4-2-8-21-10-11/h2-10H,1H3,(H,20,22,23). The van der Waals surface area contributed by atoms with Crippen LogP contribution in [-0.4, -0.2) is 22.0 Å². The smallest absolute Gasteiger partial charge is 0.163 e. The highest BCUT2D eigenvalue weighted by molar-refractivity contribution is 5.93. The first kappa shape index (κ1) is 14.3. The van der Waals surface area contributed by atoms with Crippen molar-refractivity contribution in [1.82, 2.24) is 15.0 Å². The number of halogens is 1. The largest absolute Gasteiger partial charge is 0.464 e. The molecule has 0 atom stereocenters. The van der Waals surface area contributed by atoms with E-state index in [9.17, 15) is 0 Å². The van der Waals surface area contributed by atoms with Crippen LogP contribution < -0.4 is 5.32 Å². The van der Waals surface area contributed by atoms with Crippen molar-refractivity contribution >= 4 is 16.7 Å². The van der Waals surface area contributed by atoms with Gasteiger partial charge in [-0.2, -0.15) is 0 Å². The minimum Gasteiger partial charge on any atom is -0.464 e. The average Bonchev–Trinajstić information content (AvgIpc) is 3.16. The Labute approximate surface area is 137 Å². The van der Waals surface area contributed by atoms with Crippen molar-refractivity contribution in [3.63, 3.8) is 0 Å². The Balaban J connectivity index is 2.00. The van der Waals surface area contributed by atoms with E-state index in [1.165, 1.54) is 6.26 Å². The van der Waals surface area contributed by atoms with E-state index < -0.39 is 5.82 Å². The molecule has 0 aliphatic rings. The van der Waals surface area contributed by atoms with Gasteiger partial charge in [0.25, 0.3) is 0 Å². The van der Waals surface area contributed by atoms with Crippen LogP contribution in [0.15, 0.2) is 59.5 Å². The zero-order valence-electron chi connectivity index (χ0n) is 12.8. The van der Waals surface area contributed by atoms with Crippen LogP contribution in [0.5, 0.6) is 0 Å². The van der Waals surface area contributed by atoms with Gasteiger partial charge in [-0.15, -0.1) is 0 Å². The van der Waals surface area contributed by atoms with Crippen LogP contribution in [0.25, 0.3) is 33.6 Å². The monoisotopic (exact) mass is 320 g/mol. The number of benzene rings is 1. The lowest BCUT2D eigenvalue weighted by molar-refractivity contribution is 0.571. The van der Waals surface area contributed by atoms with Crippen LogP contribution in [0.1, 0.15) is 0 Å². The number of hydrogen-bond donors (Lipinski definition) is 1. The highest BCUT2D eigenvalue weighted by Gasteiger charge is 2.17. The number of anilines is 1. The molecule has 1 aromatic carbocycles. The van der Waals surface area contributed by atoms with E-state index in [-0.39, 0.29) is 5.52 Å². The molecule has 0 radical (unpaired) electrons. The van der Waals surface area contributed by atoms with E-state index in [1.807, 2.05) is 6.07 Å². The number of pyridine rings is 1. The van der Waals surface area contributed by atoms with Crippen LogP contribution >= 0.6 is 0 Å². The molecule has 118 valence electrons. The summed E-state index contributed by atoms with van der Waals surface area (Å²) in [6, 6.07) is 10.5. The topological polar surface area (TPSA) is 63.8 Å². The number of nitrogens with one attached hydrogen (secondary N) is 1. The molecule has 24 heavy (non-hydrogen) atoms. The molecule has 1 N–H and O–H groups in total. The summed E-state index contributed by atoms with van der Waals surface area (Å²) in [4.78, 5) is 13.0. The zero-order valence-corrected chi connectivity index (χ0v) is 12.8. The molecule has 0 fully saturated rings. The maximum absolute atomic E-state index is 15.1. The first-order chi connectivity index (χ1) is 11.8. The average molecular weight is 320 g/mol. The Morgan fingerprint density at radius 2 is 2.00 bits per heavy atom. The maximum atomic E-state index is 15.1. The van der Waals surface area contributed by atoms with Gasteiger partial charge in [0.1, 0.15) is 17.1 Å². The van der Waals surface area contributed by atoms with E-state index >= 15 is 4.39 Å². The van der Waals surface area contributed by atoms with Crippen molar-refractivity contribution in [2.75, 3.05) is 12.4 Å². The number of fused-ring (bicyclic) bond motifs is 1. The van der Waals surface area contributed by atoms with Crippen LogP contribution in [0, 0.1) is 5.82 Å². The van der Waals surface area contributed by atoms with E-state index in [0.717, 1.165) is 5.56 Å². The fraction of sp³-hybridized carbons (Fsp3) is 0.0556. The number of furan rings is 1. The lowest BCUT2D eigenvalue weighted by atomic mass is 10.1. The van der Waals surface area contributed by atoms with Gasteiger partial charge in [-0.25, -0.2) is 14.4 Å². The molecule has 4 rings (SSSR count). The molecule has 0 bridgehead atoms. The van der Waals surface area contributed by atoms with Crippen LogP contribution in [-0.2, 0) is 0 Å². The van der Waals surface area contributed by atoms with Gasteiger partial charge in [-0.3, -0.25) is 4.98 Å². The molecule has 3 aromatic heterocycles. The molecular formula is C18H13FN4O. The van der Waals surface area contributed by atoms with Gasteiger partial charge >= 0.3 is 0 Å². The summed E-state index contributed by atoms with van der Waals surface area (Å²) in [5.41, 5.74) is 1.33. The lowest BCUT2D eigenvalue weighted by Gasteiger charge is -2.10. The van der Waals surface area contributed by atoms with E-state index in [1.54, 1.807) is 49.8 Å². The summed E-state index contributed by atoms with van der Waals surface area (Å²) in [5, 5.41) is 3.61. The summed E-state index contributed by atoms with van der Waals surface area (Å²) in [6.45, 7) is 0. The Kier molecular flexibility index (Phi) is 3.42. The first-order valence-electron chi connectivity index (χ1n) is 7.40. The van der Waals surface area contributed by atoms with Crippen molar-refractivity contribution in [2.24, 2.45) is 0 Å². The van der Waals surface area contributed by atoms with E-state index in [0.29, 0.717) is 28.4 Å². The first-order valence-corrected chi connectivity index (χ1v) is 7.40. The van der Waals surface area contributed by atoms with Gasteiger partial charge < -0.3 is 9.73 Å². The third-order valence-corrected chi connectivity index (χ3v) is 3.75. The molecule has 0 saturated heterocycles. The Bertz CT molecular complexity index is 1000. The third-order valence-electron chi connectivity index (χ3n) is 3.75. The summed E-state index contributed by atoms with van der Waals surface area (Å²) >= 11 is 0. The van der Waals surface area contributed by atoms with Crippen molar-refractivity contribution < 1.29 is 8.81 Å². The van der Waals surface area contributed by atoms with Crippen molar-refractivity contribution in [1.29, 1.82) is 0 Å². The van der Waals surface area contributed by atoms with Crippen molar-refractivity contribution in [3.8, 4) is 22.7 Å². The summed E-state index contributed by atoms with van der Waals surface area (Å²) in [6.07, 6.45) is 4.83. The van der Waals surface area contributed by atoms with Gasteiger partial charge in [0.2, 0.25) is 0 Å². The number of aromatic nitrogens is 3. The zero-order chi connectivity index (χ0) is 16.5. The van der Waals surface area contributed by atoms with Crippen LogP contribution in [0.3, 0.4) is 0 Å². The van der Waals surface area contributed by atoms with E-state index in [4.69, 9.17) is 4.42 Å². The molecule has 6 heteroatoms. The third kappa shape index (κ3) is 2.28. The van der Waals surface area contributed by atoms with Gasteiger partial charge in [-0.1, -0.05) is 0 Å². The van der Waals surface area contributed by atoms with Crippen LogP contribution in [0.4, 0.5) is 10.2 Å². The fourth-order valence-corrected chi connectivity index (χ4v) is 2.60. The number of nitrogens with zero attached hydrogens (tertiary/aromatic N) is 3. The molecule has 0 amide bonds. The van der Waals surface area contributed by atoms with Gasteiger partial charge in [0, 0.05) is 30.4 Å². The molecule has 3 heterocycles. The highest BCUT2D eigenvalue weighted by Crippen LogP contribution is 2.32. The summed E-state index contributed by atoms with van der Waals surface area (Å²) < 4.78 is 20.4. The molecule has 0 unspecified atom stereocenters. The van der Waals surface area contributed by atoms with Gasteiger partial charge in [0.15, 0.2) is 11.6 Å². The second-order valence-corrected chi connectivity index (χ2v) is 5.19. The molecule has 5 nitrogen and oxygen atoms in total. The maximum Gasteiger partial charge on any atom is 0.163 e. The minimum absolute atomic E-state index is 0.238. The predicted octanol–water partition coefficient (Wildman–Crippen LogP) is 4.13. The molecule has 4 aromatic rings. The van der Waals surface area contributed by atoms with Gasteiger partial charge in [0.05, 0.1) is 11.8 Å². The molecule has 0 saturated carbocycles. The predicted molar refractivity (Wildman–Crippen MR) is 90.0 cm³/mol. The molecule has 0 spiro atoms. The number of hydrogen-bond acceptors (Lipinski definition) is 5. The second-order valence-electron chi connectivity index (χ2n) is 5.19. The Hall–Kier alpha value is -3.28. The highest BCUT2D eigenvalue weighted by atomic mass is 19.1. The summed E-state index contributed by atoms with van der Waals surface area (Å²) in [7, 11) is 1.74. The van der Waals surface area contributed by atoms with Crippen molar-refractivity contribution in [2.45, 2.75) is 0 Å². The SMILES string of the molecule is CNc1nc(-c2cccnc2)nc2c(F)c(-c3ccco3)ccc12. The summed E-state index contributed by atoms with van der Waals surface area (Å²) in [5.74, 6) is 0.993. The molecular weight excluding hydrogens is 307 g/mol. The van der Waals surface area contributed by atoms with Crippen LogP contribution in [0.2, 0.25) is 0 Å². The quantitative estimate of drug-likeness (QED) is 0.615. The number of rotatable bonds is 3. The lowest BCUT2D eigenvalue weighted by Crippen LogP contribution is -2.01. The molecule has 0 aliphatic heterocycles. The fourth-order valence-electron chi connectivity index (χ4n) is 2.60. The normalized spacial score (nSPS) is 10.9.